The van der Waals surface area contributed by atoms with Crippen molar-refractivity contribution in [2.75, 3.05) is 33.0 Å². The lowest BCUT2D eigenvalue weighted by atomic mass is 9.55. The number of hydrogen-bond donors (Lipinski definition) is 2. The lowest BCUT2D eigenvalue weighted by Gasteiger charge is -2.60. The van der Waals surface area contributed by atoms with E-state index >= 15 is 4.79 Å². The van der Waals surface area contributed by atoms with Crippen molar-refractivity contribution < 1.29 is 48.5 Å². The lowest BCUT2D eigenvalue weighted by molar-refractivity contribution is -0.384. The summed E-state index contributed by atoms with van der Waals surface area (Å²) in [5.74, 6) is -1.33. The molecule has 0 bridgehead atoms. The van der Waals surface area contributed by atoms with Crippen LogP contribution in [0.2, 0.25) is 0 Å². The Labute approximate surface area is 422 Å². The number of hydrogen-bond acceptors (Lipinski definition) is 12. The normalized spacial score (nSPS) is 21.7. The van der Waals surface area contributed by atoms with Gasteiger partial charge in [0.05, 0.1) is 49.0 Å². The van der Waals surface area contributed by atoms with Crippen LogP contribution in [-0.4, -0.2) is 82.3 Å². The van der Waals surface area contributed by atoms with Crippen molar-refractivity contribution in [1.29, 1.82) is 0 Å². The minimum absolute atomic E-state index is 0.0140. The molecule has 14 heteroatoms. The van der Waals surface area contributed by atoms with Crippen molar-refractivity contribution in [3.8, 4) is 17.2 Å². The molecule has 1 aliphatic heterocycles. The highest BCUT2D eigenvalue weighted by atomic mass is 16.7. The third kappa shape index (κ3) is 12.0. The number of unbranched alkanes of at least 4 members (excludes halogenated alkanes) is 2. The smallest absolute Gasteiger partial charge is 0.410 e. The zero-order valence-corrected chi connectivity index (χ0v) is 41.5. The molecule has 2 aliphatic carbocycles. The highest BCUT2D eigenvalue weighted by molar-refractivity contribution is 6.03. The molecule has 8 rings (SSSR count). The molecule has 0 saturated heterocycles. The number of ether oxygens (including phenoxy) is 5. The predicted molar refractivity (Wildman–Crippen MR) is 276 cm³/mol. The van der Waals surface area contributed by atoms with Crippen molar-refractivity contribution in [1.82, 2.24) is 4.90 Å². The number of aliphatic hydroxyl groups is 2. The van der Waals surface area contributed by atoms with E-state index in [1.165, 1.54) is 12.1 Å². The van der Waals surface area contributed by atoms with E-state index in [1.807, 2.05) is 106 Å². The number of carbonyl (C=O) groups excluding carboxylic acids is 1. The third-order valence-corrected chi connectivity index (χ3v) is 13.7. The fraction of sp³-hybridized carbons (Fsp3) is 0.414. The Morgan fingerprint density at radius 2 is 1.64 bits per heavy atom. The van der Waals surface area contributed by atoms with Crippen molar-refractivity contribution in [2.24, 2.45) is 22.9 Å². The van der Waals surface area contributed by atoms with E-state index in [0.717, 1.165) is 58.7 Å². The van der Waals surface area contributed by atoms with Crippen LogP contribution in [-0.2, 0) is 32.2 Å². The number of nitro groups is 1. The van der Waals surface area contributed by atoms with Crippen LogP contribution in [0.25, 0.3) is 10.8 Å². The van der Waals surface area contributed by atoms with Gasteiger partial charge in [-0.3, -0.25) is 15.0 Å². The Kier molecular flexibility index (Phi) is 17.1. The second-order valence-electron chi connectivity index (χ2n) is 19.8. The van der Waals surface area contributed by atoms with Gasteiger partial charge in [0, 0.05) is 37.2 Å². The van der Waals surface area contributed by atoms with Crippen LogP contribution in [0.5, 0.6) is 17.2 Å². The summed E-state index contributed by atoms with van der Waals surface area (Å²) in [6.45, 7) is 10.7. The summed E-state index contributed by atoms with van der Waals surface area (Å²) in [6.07, 6.45) is 7.76. The molecule has 14 nitrogen and oxygen atoms in total. The number of amides is 1. The second kappa shape index (κ2) is 23.8. The van der Waals surface area contributed by atoms with E-state index in [2.05, 4.69) is 12.7 Å². The monoisotopic (exact) mass is 981 g/mol. The minimum atomic E-state index is -1.57. The van der Waals surface area contributed by atoms with E-state index in [-0.39, 0.29) is 69.4 Å². The van der Waals surface area contributed by atoms with E-state index in [4.69, 9.17) is 33.7 Å². The van der Waals surface area contributed by atoms with E-state index in [1.54, 1.807) is 29.2 Å². The highest BCUT2D eigenvalue weighted by Gasteiger charge is 2.66. The van der Waals surface area contributed by atoms with Gasteiger partial charge in [0.2, 0.25) is 5.79 Å². The molecular weight excluding hydrogens is 915 g/mol. The number of rotatable bonds is 23. The molecule has 3 aliphatic rings. The van der Waals surface area contributed by atoms with Crippen molar-refractivity contribution in [2.45, 2.75) is 102 Å². The van der Waals surface area contributed by atoms with Crippen LogP contribution in [0.15, 0.2) is 145 Å². The zero-order chi connectivity index (χ0) is 50.7. The Hall–Kier alpha value is -6.58. The number of oxime groups is 1. The molecule has 72 heavy (non-hydrogen) atoms. The molecule has 380 valence electrons. The third-order valence-electron chi connectivity index (χ3n) is 13.7. The van der Waals surface area contributed by atoms with Crippen LogP contribution in [0, 0.1) is 27.9 Å². The van der Waals surface area contributed by atoms with Crippen LogP contribution < -0.4 is 9.47 Å². The quantitative estimate of drug-likeness (QED) is 0.0276. The van der Waals surface area contributed by atoms with Crippen molar-refractivity contribution >= 4 is 28.3 Å². The van der Waals surface area contributed by atoms with Gasteiger partial charge in [0.25, 0.3) is 5.69 Å². The number of benzene rings is 5. The van der Waals surface area contributed by atoms with Gasteiger partial charge >= 0.3 is 6.09 Å². The summed E-state index contributed by atoms with van der Waals surface area (Å²) in [5, 5.41) is 38.9. The summed E-state index contributed by atoms with van der Waals surface area (Å²) < 4.78 is 33.3. The van der Waals surface area contributed by atoms with Gasteiger partial charge in [-0.2, -0.15) is 0 Å². The molecule has 0 unspecified atom stereocenters. The lowest BCUT2D eigenvalue weighted by Crippen LogP contribution is -2.70. The van der Waals surface area contributed by atoms with Gasteiger partial charge in [-0.1, -0.05) is 109 Å². The first-order valence-electron chi connectivity index (χ1n) is 25.1. The molecule has 0 aromatic heterocycles. The molecule has 1 fully saturated rings. The molecular formula is C58H67N3O11. The number of non-ortho nitro benzene ring substituents is 1. The maximum absolute atomic E-state index is 15.3. The molecule has 1 amide bonds. The standard InChI is InChI=1S/C58H67N3O11/c1-5-31-69-58-53(60(38-43-22-15-21-41-19-9-10-25-47(41)43)56(64)68-33-32-67-39-40-17-7-6-8-18-40)37-51(59-72-57(2,3)4)49-34-42(20-11-13-29-62)48(26-12-14-30-63)54(55(49)58)50-36-46(27-28-52(50)71-58)70-45-24-16-23-44(35-45)61(65)66/h5-10,15-19,21-25,27-28,34-36,42,48,53-55,62-63H,1,11-14,20,26,29-33,37-39H2,2-4H3/t42-,48+,53-,54+,55+,58+/m0/s1. The maximum Gasteiger partial charge on any atom is 0.410 e. The second-order valence-corrected chi connectivity index (χ2v) is 19.8. The maximum atomic E-state index is 15.3. The Morgan fingerprint density at radius 3 is 2.40 bits per heavy atom. The molecule has 1 heterocycles. The highest BCUT2D eigenvalue weighted by Crippen LogP contribution is 2.62. The van der Waals surface area contributed by atoms with Crippen LogP contribution in [0.4, 0.5) is 10.5 Å². The Balaban J connectivity index is 1.31. The van der Waals surface area contributed by atoms with E-state index in [9.17, 15) is 20.3 Å². The zero-order valence-electron chi connectivity index (χ0n) is 41.5. The molecule has 5 aromatic rings. The molecule has 5 aromatic carbocycles. The average molecular weight is 982 g/mol. The summed E-state index contributed by atoms with van der Waals surface area (Å²) in [4.78, 5) is 34.7. The summed E-state index contributed by atoms with van der Waals surface area (Å²) in [7, 11) is 0. The van der Waals surface area contributed by atoms with Crippen LogP contribution >= 0.6 is 0 Å². The van der Waals surface area contributed by atoms with Gasteiger partial charge in [-0.15, -0.1) is 6.58 Å². The molecule has 6 atom stereocenters. The summed E-state index contributed by atoms with van der Waals surface area (Å²) in [5.41, 5.74) is 3.47. The average Bonchev–Trinajstić information content (AvgIpc) is 3.38. The summed E-state index contributed by atoms with van der Waals surface area (Å²) >= 11 is 0. The number of carbonyl (C=O) groups is 1. The van der Waals surface area contributed by atoms with Gasteiger partial charge < -0.3 is 38.7 Å². The number of fused-ring (bicyclic) bond motifs is 3. The Bertz CT molecular complexity index is 2710. The van der Waals surface area contributed by atoms with Crippen LogP contribution in [0.3, 0.4) is 0 Å². The predicted octanol–water partition coefficient (Wildman–Crippen LogP) is 11.8. The van der Waals surface area contributed by atoms with Gasteiger partial charge in [0.15, 0.2) is 0 Å². The fourth-order valence-corrected chi connectivity index (χ4v) is 10.7. The van der Waals surface area contributed by atoms with Gasteiger partial charge in [-0.05, 0) is 110 Å². The van der Waals surface area contributed by atoms with Crippen molar-refractivity contribution in [3.63, 3.8) is 0 Å². The van der Waals surface area contributed by atoms with Crippen molar-refractivity contribution in [3.05, 3.63) is 166 Å². The molecule has 0 spiro atoms. The van der Waals surface area contributed by atoms with Gasteiger partial charge in [-0.25, -0.2) is 4.79 Å². The number of allylic oxidation sites excluding steroid dienone is 1. The van der Waals surface area contributed by atoms with Crippen LogP contribution in [0.1, 0.15) is 88.3 Å². The number of nitrogens with zero attached hydrogens (tertiary/aromatic N) is 3. The topological polar surface area (TPSA) is 172 Å². The minimum Gasteiger partial charge on any atom is -0.459 e. The first-order chi connectivity index (χ1) is 34.9. The largest absolute Gasteiger partial charge is 0.459 e. The molecule has 2 N–H and O–H groups in total. The fourth-order valence-electron chi connectivity index (χ4n) is 10.7. The number of nitro benzene ring substituents is 1. The summed E-state index contributed by atoms with van der Waals surface area (Å²) in [6, 6.07) is 34.7. The first kappa shape index (κ1) is 51.8. The molecule has 1 saturated carbocycles. The SMILES string of the molecule is C=CCO[C@@]12Oc3ccc(Oc4cccc([N+](=O)[O-])c4)cc3[C@H]3[C@H](CCCCO)[C@@H](CCCCO)C=C(C(=NOC(C)(C)C)C[C@@H]1N(Cc1cccc4ccccc14)C(=O)OCCOCc1ccccc1)[C@H]32. The first-order valence-corrected chi connectivity index (χ1v) is 25.1. The number of aliphatic hydroxyl groups excluding tert-OH is 2. The molecule has 0 radical (unpaired) electrons. The van der Waals surface area contributed by atoms with E-state index in [0.29, 0.717) is 42.4 Å². The van der Waals surface area contributed by atoms with Gasteiger partial charge in [0.1, 0.15) is 35.5 Å². The van der Waals surface area contributed by atoms with E-state index < -0.39 is 34.4 Å². The Morgan fingerprint density at radius 1 is 0.903 bits per heavy atom.